The summed E-state index contributed by atoms with van der Waals surface area (Å²) in [6, 6.07) is 0. The zero-order valence-electron chi connectivity index (χ0n) is 7.36. The fourth-order valence-electron chi connectivity index (χ4n) is 1.51. The van der Waals surface area contributed by atoms with E-state index in [1.807, 2.05) is 3.33 Å². The summed E-state index contributed by atoms with van der Waals surface area (Å²) < 4.78 is 9.31. The average Bonchev–Trinajstić information content (AvgIpc) is 2.11. The van der Waals surface area contributed by atoms with Crippen LogP contribution in [0.15, 0.2) is 21.1 Å². The van der Waals surface area contributed by atoms with Crippen LogP contribution in [-0.4, -0.2) is 0 Å². The molecule has 0 saturated heterocycles. The Labute approximate surface area is 68.3 Å². The molecule has 0 aromatic heterocycles. The standard InChI is InChI=1S/C6H7.3CH3.Hf/c1-6-4-2-3-5-6;;;;/h2,4H,3H2,1H3;3*1H3;. The van der Waals surface area contributed by atoms with E-state index in [0.29, 0.717) is 0 Å². The summed E-state index contributed by atoms with van der Waals surface area (Å²) in [5, 5.41) is 0. The molecule has 0 heterocycles. The predicted octanol–water partition coefficient (Wildman–Crippen LogP) is 3.52. The number of rotatable bonds is 1. The SMILES string of the molecule is CC1=[C]([Hf]([CH3])([CH3])[CH3])CC=C1. The molecule has 0 aromatic carbocycles. The zero-order chi connectivity index (χ0) is 7.78. The molecule has 0 atom stereocenters. The van der Waals surface area contributed by atoms with Crippen molar-refractivity contribution in [1.82, 2.24) is 0 Å². The van der Waals surface area contributed by atoms with Gasteiger partial charge in [0.25, 0.3) is 0 Å². The fourth-order valence-corrected chi connectivity index (χ4v) is 8.69. The molecule has 0 radical (unpaired) electrons. The first-order valence-electron chi connectivity index (χ1n) is 3.88. The molecule has 1 rings (SSSR count). The van der Waals surface area contributed by atoms with Crippen LogP contribution in [0.3, 0.4) is 0 Å². The molecule has 0 aliphatic heterocycles. The van der Waals surface area contributed by atoms with Gasteiger partial charge in [0.05, 0.1) is 0 Å². The first-order chi connectivity index (χ1) is 4.52. The number of hydrogen-bond acceptors (Lipinski definition) is 0. The molecular formula is C9H16Hf. The third-order valence-corrected chi connectivity index (χ3v) is 10.7. The van der Waals surface area contributed by atoms with Crippen LogP contribution in [0.5, 0.6) is 0 Å². The van der Waals surface area contributed by atoms with Crippen LogP contribution in [0.2, 0.25) is 14.0 Å². The van der Waals surface area contributed by atoms with Crippen molar-refractivity contribution in [3.05, 3.63) is 21.1 Å². The van der Waals surface area contributed by atoms with E-state index < -0.39 is 20.0 Å². The van der Waals surface area contributed by atoms with E-state index in [0.717, 1.165) is 0 Å². The molecule has 0 fully saturated rings. The van der Waals surface area contributed by atoms with Crippen LogP contribution >= 0.6 is 0 Å². The van der Waals surface area contributed by atoms with Gasteiger partial charge in [0.2, 0.25) is 0 Å². The molecule has 1 aliphatic carbocycles. The minimum absolute atomic E-state index is 1.26. The van der Waals surface area contributed by atoms with Crippen molar-refractivity contribution in [2.24, 2.45) is 0 Å². The van der Waals surface area contributed by atoms with Gasteiger partial charge in [-0.15, -0.1) is 0 Å². The molecule has 0 unspecified atom stereocenters. The first kappa shape index (κ1) is 8.45. The van der Waals surface area contributed by atoms with Gasteiger partial charge >= 0.3 is 68.4 Å². The molecule has 0 bridgehead atoms. The van der Waals surface area contributed by atoms with Crippen LogP contribution in [0.1, 0.15) is 13.3 Å². The van der Waals surface area contributed by atoms with Gasteiger partial charge in [0, 0.05) is 0 Å². The Morgan fingerprint density at radius 2 is 1.90 bits per heavy atom. The van der Waals surface area contributed by atoms with E-state index in [1.165, 1.54) is 6.42 Å². The predicted molar refractivity (Wildman–Crippen MR) is 44.0 cm³/mol. The molecule has 0 spiro atoms. The van der Waals surface area contributed by atoms with Crippen molar-refractivity contribution in [2.75, 3.05) is 0 Å². The van der Waals surface area contributed by atoms with Crippen molar-refractivity contribution in [3.63, 3.8) is 0 Å². The van der Waals surface area contributed by atoms with Crippen molar-refractivity contribution < 1.29 is 20.0 Å². The molecule has 0 nitrogen and oxygen atoms in total. The van der Waals surface area contributed by atoms with Gasteiger partial charge in [-0.25, -0.2) is 0 Å². The monoisotopic (exact) mass is 304 g/mol. The summed E-state index contributed by atoms with van der Waals surface area (Å²) in [5.74, 6) is 0. The van der Waals surface area contributed by atoms with E-state index in [9.17, 15) is 0 Å². The second kappa shape index (κ2) is 2.77. The average molecular weight is 303 g/mol. The fraction of sp³-hybridized carbons (Fsp3) is 0.556. The summed E-state index contributed by atoms with van der Waals surface area (Å²) in [4.78, 5) is 0. The van der Waals surface area contributed by atoms with Crippen molar-refractivity contribution in [2.45, 2.75) is 27.4 Å². The minimum atomic E-state index is -1.77. The van der Waals surface area contributed by atoms with Crippen molar-refractivity contribution in [1.29, 1.82) is 0 Å². The summed E-state index contributed by atoms with van der Waals surface area (Å²) in [6.07, 6.45) is 5.84. The molecule has 1 aliphatic rings. The summed E-state index contributed by atoms with van der Waals surface area (Å²) in [6.45, 7) is 2.25. The Kier molecular flexibility index (Phi) is 2.34. The van der Waals surface area contributed by atoms with Gasteiger partial charge in [-0.2, -0.15) is 0 Å². The Morgan fingerprint density at radius 1 is 1.30 bits per heavy atom. The maximum absolute atomic E-state index is 2.50. The summed E-state index contributed by atoms with van der Waals surface area (Å²) in [7, 11) is 0. The number of hydrogen-bond donors (Lipinski definition) is 0. The maximum atomic E-state index is 2.50. The molecule has 0 N–H and O–H groups in total. The van der Waals surface area contributed by atoms with Gasteiger partial charge in [0.15, 0.2) is 0 Å². The Morgan fingerprint density at radius 3 is 2.10 bits per heavy atom. The second-order valence-corrected chi connectivity index (χ2v) is 22.4. The van der Waals surface area contributed by atoms with Crippen LogP contribution in [0.25, 0.3) is 0 Å². The zero-order valence-corrected chi connectivity index (χ0v) is 11.0. The third kappa shape index (κ3) is 1.69. The van der Waals surface area contributed by atoms with E-state index >= 15 is 0 Å². The van der Waals surface area contributed by atoms with Crippen molar-refractivity contribution in [3.8, 4) is 0 Å². The normalized spacial score (nSPS) is 18.8. The summed E-state index contributed by atoms with van der Waals surface area (Å²) >= 11 is -1.77. The van der Waals surface area contributed by atoms with Gasteiger partial charge in [0.1, 0.15) is 0 Å². The van der Waals surface area contributed by atoms with Gasteiger partial charge in [-0.05, 0) is 0 Å². The van der Waals surface area contributed by atoms with Gasteiger partial charge < -0.3 is 0 Å². The third-order valence-electron chi connectivity index (χ3n) is 2.07. The van der Waals surface area contributed by atoms with E-state index in [-0.39, 0.29) is 0 Å². The molecule has 0 aromatic rings. The topological polar surface area (TPSA) is 0 Å². The number of allylic oxidation sites excluding steroid dienone is 4. The van der Waals surface area contributed by atoms with E-state index in [1.54, 1.807) is 5.57 Å². The van der Waals surface area contributed by atoms with E-state index in [4.69, 9.17) is 0 Å². The van der Waals surface area contributed by atoms with Crippen LogP contribution in [0, 0.1) is 0 Å². The van der Waals surface area contributed by atoms with Gasteiger partial charge in [-0.3, -0.25) is 0 Å². The molecule has 0 saturated carbocycles. The molecule has 1 heteroatoms. The molecule has 10 heavy (non-hydrogen) atoms. The quantitative estimate of drug-likeness (QED) is 0.650. The molecule has 0 amide bonds. The second-order valence-electron chi connectivity index (χ2n) is 4.02. The Hall–Kier alpha value is 0.350. The summed E-state index contributed by atoms with van der Waals surface area (Å²) in [5.41, 5.74) is 1.56. The Bertz CT molecular complexity index is 191. The van der Waals surface area contributed by atoms with Crippen LogP contribution < -0.4 is 0 Å². The molecule has 56 valence electrons. The van der Waals surface area contributed by atoms with Crippen LogP contribution in [0.4, 0.5) is 0 Å². The van der Waals surface area contributed by atoms with Crippen LogP contribution in [-0.2, 0) is 20.0 Å². The first-order valence-corrected chi connectivity index (χ1v) is 16.5. The van der Waals surface area contributed by atoms with Gasteiger partial charge in [-0.1, -0.05) is 0 Å². The van der Waals surface area contributed by atoms with Crippen molar-refractivity contribution >= 4 is 0 Å². The Balaban J connectivity index is 2.86. The molecular weight excluding hydrogens is 287 g/mol. The van der Waals surface area contributed by atoms with E-state index in [2.05, 4.69) is 33.1 Å².